The van der Waals surface area contributed by atoms with E-state index >= 15 is 0 Å². The molecule has 2 heteroatoms. The van der Waals surface area contributed by atoms with Crippen LogP contribution in [-0.4, -0.2) is 0 Å². The maximum atomic E-state index is 3.80. The zero-order valence-electron chi connectivity index (χ0n) is 16.3. The first-order chi connectivity index (χ1) is 12.2. The van der Waals surface area contributed by atoms with Gasteiger partial charge in [-0.15, -0.1) is 0 Å². The fraction of sp³-hybridized carbons (Fsp3) is 0.565. The van der Waals surface area contributed by atoms with Crippen LogP contribution in [0.1, 0.15) is 81.9 Å². The lowest BCUT2D eigenvalue weighted by Gasteiger charge is -2.25. The Bertz CT molecular complexity index is 613. The van der Waals surface area contributed by atoms with Crippen molar-refractivity contribution in [3.63, 3.8) is 0 Å². The normalized spacial score (nSPS) is 17.7. The third-order valence-corrected chi connectivity index (χ3v) is 5.66. The van der Waals surface area contributed by atoms with Crippen LogP contribution in [0.25, 0.3) is 0 Å². The Morgan fingerprint density at radius 2 is 1.24 bits per heavy atom. The van der Waals surface area contributed by atoms with Gasteiger partial charge in [0.25, 0.3) is 0 Å². The van der Waals surface area contributed by atoms with Crippen molar-refractivity contribution in [2.75, 3.05) is 10.6 Å². The molecule has 0 amide bonds. The lowest BCUT2D eigenvalue weighted by molar-refractivity contribution is 0.703. The van der Waals surface area contributed by atoms with Gasteiger partial charge in [-0.2, -0.15) is 0 Å². The summed E-state index contributed by atoms with van der Waals surface area (Å²) in [5, 5.41) is 7.60. The van der Waals surface area contributed by atoms with Gasteiger partial charge < -0.3 is 10.6 Å². The molecule has 2 aliphatic carbocycles. The molecule has 1 aromatic rings. The van der Waals surface area contributed by atoms with Gasteiger partial charge in [0.15, 0.2) is 0 Å². The van der Waals surface area contributed by atoms with Crippen LogP contribution in [0.15, 0.2) is 29.6 Å². The highest BCUT2D eigenvalue weighted by molar-refractivity contribution is 5.75. The zero-order chi connectivity index (χ0) is 17.6. The number of anilines is 2. The van der Waals surface area contributed by atoms with E-state index in [1.807, 2.05) is 0 Å². The van der Waals surface area contributed by atoms with Crippen LogP contribution in [0.3, 0.4) is 0 Å². The number of nitrogens with one attached hydrogen (secondary N) is 2. The summed E-state index contributed by atoms with van der Waals surface area (Å²) in [5.41, 5.74) is 9.79. The maximum Gasteiger partial charge on any atom is 0.0464 e. The Labute approximate surface area is 153 Å². The number of rotatable bonds is 6. The molecule has 0 atom stereocenters. The molecule has 2 aliphatic rings. The first-order valence-electron chi connectivity index (χ1n) is 10.3. The number of hydrogen-bond acceptors (Lipinski definition) is 2. The SMILES string of the molecule is CCc1cc(CC)c(NC2=CCCCC2)c(C)c1NC1=CCCCC1. The molecule has 0 saturated carbocycles. The summed E-state index contributed by atoms with van der Waals surface area (Å²) in [6.45, 7) is 6.83. The highest BCUT2D eigenvalue weighted by Crippen LogP contribution is 2.36. The molecule has 1 aromatic carbocycles. The largest absolute Gasteiger partial charge is 0.359 e. The van der Waals surface area contributed by atoms with Crippen LogP contribution in [0.5, 0.6) is 0 Å². The van der Waals surface area contributed by atoms with Gasteiger partial charge in [-0.25, -0.2) is 0 Å². The van der Waals surface area contributed by atoms with E-state index in [0.717, 1.165) is 12.8 Å². The van der Waals surface area contributed by atoms with Crippen molar-refractivity contribution >= 4 is 11.4 Å². The molecule has 0 spiro atoms. The molecule has 0 bridgehead atoms. The van der Waals surface area contributed by atoms with Crippen LogP contribution in [0.4, 0.5) is 11.4 Å². The zero-order valence-corrected chi connectivity index (χ0v) is 16.3. The van der Waals surface area contributed by atoms with Crippen LogP contribution in [0, 0.1) is 6.92 Å². The summed E-state index contributed by atoms with van der Waals surface area (Å²) < 4.78 is 0. The molecule has 2 N–H and O–H groups in total. The Morgan fingerprint density at radius 1 is 0.760 bits per heavy atom. The van der Waals surface area contributed by atoms with Gasteiger partial charge in [0, 0.05) is 22.8 Å². The molecule has 0 heterocycles. The smallest absolute Gasteiger partial charge is 0.0464 e. The molecule has 0 aromatic heterocycles. The Hall–Kier alpha value is -1.70. The topological polar surface area (TPSA) is 24.1 Å². The second-order valence-corrected chi connectivity index (χ2v) is 7.48. The van der Waals surface area contributed by atoms with Crippen LogP contribution < -0.4 is 10.6 Å². The number of benzene rings is 1. The minimum absolute atomic E-state index is 1.08. The molecule has 0 fully saturated rings. The summed E-state index contributed by atoms with van der Waals surface area (Å²) in [7, 11) is 0. The molecule has 0 saturated heterocycles. The molecule has 25 heavy (non-hydrogen) atoms. The Balaban J connectivity index is 1.96. The van der Waals surface area contributed by atoms with Crippen LogP contribution in [-0.2, 0) is 12.8 Å². The average Bonchev–Trinajstić information content (AvgIpc) is 2.67. The molecule has 0 radical (unpaired) electrons. The summed E-state index contributed by atoms with van der Waals surface area (Å²) in [4.78, 5) is 0. The fourth-order valence-electron chi connectivity index (χ4n) is 4.09. The molecule has 136 valence electrons. The highest BCUT2D eigenvalue weighted by Gasteiger charge is 2.16. The standard InChI is InChI=1S/C23H34N2/c1-4-18-16-19(5-2)23(25-21-14-10-7-11-15-21)17(3)22(18)24-20-12-8-6-9-13-20/h12,14,16,24-25H,4-11,13,15H2,1-3H3. The third-order valence-electron chi connectivity index (χ3n) is 5.66. The lowest BCUT2D eigenvalue weighted by Crippen LogP contribution is -2.12. The summed E-state index contributed by atoms with van der Waals surface area (Å²) >= 11 is 0. The predicted molar refractivity (Wildman–Crippen MR) is 110 cm³/mol. The molecular formula is C23H34N2. The first-order valence-corrected chi connectivity index (χ1v) is 10.3. The van der Waals surface area contributed by atoms with E-state index in [9.17, 15) is 0 Å². The monoisotopic (exact) mass is 338 g/mol. The first kappa shape index (κ1) is 18.1. The molecular weight excluding hydrogens is 304 g/mol. The maximum absolute atomic E-state index is 3.80. The van der Waals surface area contributed by atoms with E-state index in [1.54, 1.807) is 0 Å². The average molecular weight is 339 g/mol. The van der Waals surface area contributed by atoms with E-state index in [4.69, 9.17) is 0 Å². The van der Waals surface area contributed by atoms with Gasteiger partial charge in [-0.3, -0.25) is 0 Å². The van der Waals surface area contributed by atoms with Crippen molar-refractivity contribution in [2.45, 2.75) is 85.0 Å². The van der Waals surface area contributed by atoms with Crippen molar-refractivity contribution in [3.05, 3.63) is 46.3 Å². The van der Waals surface area contributed by atoms with E-state index in [1.165, 1.54) is 90.8 Å². The van der Waals surface area contributed by atoms with Gasteiger partial charge >= 0.3 is 0 Å². The lowest BCUT2D eigenvalue weighted by atomic mass is 9.95. The van der Waals surface area contributed by atoms with Gasteiger partial charge in [-0.05, 0) is 87.8 Å². The van der Waals surface area contributed by atoms with Gasteiger partial charge in [0.05, 0.1) is 0 Å². The third kappa shape index (κ3) is 4.29. The summed E-state index contributed by atoms with van der Waals surface area (Å²) in [5.74, 6) is 0. The Kier molecular flexibility index (Phi) is 6.23. The number of aryl methyl sites for hydroxylation is 2. The second kappa shape index (κ2) is 8.60. The van der Waals surface area contributed by atoms with E-state index < -0.39 is 0 Å². The number of hydrogen-bond donors (Lipinski definition) is 2. The van der Waals surface area contributed by atoms with E-state index in [0.29, 0.717) is 0 Å². The van der Waals surface area contributed by atoms with Crippen LogP contribution >= 0.6 is 0 Å². The fourth-order valence-corrected chi connectivity index (χ4v) is 4.09. The molecule has 3 rings (SSSR count). The van der Waals surface area contributed by atoms with Crippen molar-refractivity contribution in [2.24, 2.45) is 0 Å². The quantitative estimate of drug-likeness (QED) is 0.592. The molecule has 0 aliphatic heterocycles. The molecule has 2 nitrogen and oxygen atoms in total. The van der Waals surface area contributed by atoms with E-state index in [2.05, 4.69) is 49.6 Å². The van der Waals surface area contributed by atoms with Crippen molar-refractivity contribution in [3.8, 4) is 0 Å². The van der Waals surface area contributed by atoms with Gasteiger partial charge in [0.1, 0.15) is 0 Å². The number of allylic oxidation sites excluding steroid dienone is 4. The highest BCUT2D eigenvalue weighted by atomic mass is 14.9. The summed E-state index contributed by atoms with van der Waals surface area (Å²) in [6, 6.07) is 2.42. The Morgan fingerprint density at radius 3 is 1.60 bits per heavy atom. The summed E-state index contributed by atoms with van der Waals surface area (Å²) in [6.07, 6.45) is 17.0. The predicted octanol–water partition coefficient (Wildman–Crippen LogP) is 6.86. The second-order valence-electron chi connectivity index (χ2n) is 7.48. The van der Waals surface area contributed by atoms with Crippen molar-refractivity contribution in [1.82, 2.24) is 0 Å². The minimum atomic E-state index is 1.08. The minimum Gasteiger partial charge on any atom is -0.359 e. The van der Waals surface area contributed by atoms with Gasteiger partial charge in [0.2, 0.25) is 0 Å². The van der Waals surface area contributed by atoms with Crippen molar-refractivity contribution < 1.29 is 0 Å². The van der Waals surface area contributed by atoms with E-state index in [-0.39, 0.29) is 0 Å². The molecule has 0 unspecified atom stereocenters. The van der Waals surface area contributed by atoms with Crippen molar-refractivity contribution in [1.29, 1.82) is 0 Å². The van der Waals surface area contributed by atoms with Crippen LogP contribution in [0.2, 0.25) is 0 Å². The van der Waals surface area contributed by atoms with Gasteiger partial charge in [-0.1, -0.05) is 32.1 Å².